The number of thioether (sulfide) groups is 1. The SMILES string of the molecule is CNC(=O)c1cc(CSc2nc(N)c(C#N)c(-c3ccc(OC[C@H]4COC(C)(C)O4)cc3)c2C#N)ccn1. The Morgan fingerprint density at radius 2 is 1.97 bits per heavy atom. The highest BCUT2D eigenvalue weighted by molar-refractivity contribution is 7.98. The highest BCUT2D eigenvalue weighted by atomic mass is 32.2. The zero-order valence-corrected chi connectivity index (χ0v) is 22.0. The molecule has 3 N–H and O–H groups in total. The van der Waals surface area contributed by atoms with E-state index in [9.17, 15) is 15.3 Å². The summed E-state index contributed by atoms with van der Waals surface area (Å²) in [7, 11) is 1.54. The molecule has 1 aliphatic rings. The molecule has 3 aromatic rings. The van der Waals surface area contributed by atoms with Gasteiger partial charge in [0, 0.05) is 24.6 Å². The van der Waals surface area contributed by atoms with Crippen molar-refractivity contribution in [2.75, 3.05) is 26.0 Å². The van der Waals surface area contributed by atoms with Gasteiger partial charge in [-0.25, -0.2) is 4.98 Å². The van der Waals surface area contributed by atoms with E-state index in [1.807, 2.05) is 13.8 Å². The third kappa shape index (κ3) is 6.03. The Hall–Kier alpha value is -4.16. The Kier molecular flexibility index (Phi) is 8.13. The Morgan fingerprint density at radius 1 is 1.24 bits per heavy atom. The quantitative estimate of drug-likeness (QED) is 0.412. The van der Waals surface area contributed by atoms with E-state index in [2.05, 4.69) is 27.4 Å². The van der Waals surface area contributed by atoms with E-state index in [0.29, 0.717) is 40.9 Å². The van der Waals surface area contributed by atoms with Crippen LogP contribution >= 0.6 is 11.8 Å². The molecule has 0 radical (unpaired) electrons. The number of amides is 1. The van der Waals surface area contributed by atoms with Crippen LogP contribution in [0.2, 0.25) is 0 Å². The number of ether oxygens (including phenoxy) is 3. The molecule has 1 aliphatic heterocycles. The van der Waals surface area contributed by atoms with Gasteiger partial charge in [0.2, 0.25) is 0 Å². The van der Waals surface area contributed by atoms with Crippen LogP contribution in [-0.2, 0) is 15.2 Å². The first-order valence-electron chi connectivity index (χ1n) is 11.7. The first-order valence-corrected chi connectivity index (χ1v) is 12.7. The molecule has 0 saturated carbocycles. The van der Waals surface area contributed by atoms with E-state index in [1.165, 1.54) is 18.8 Å². The number of anilines is 1. The summed E-state index contributed by atoms with van der Waals surface area (Å²) in [5.41, 5.74) is 8.67. The van der Waals surface area contributed by atoms with Gasteiger partial charge in [-0.15, -0.1) is 11.8 Å². The van der Waals surface area contributed by atoms with Crippen LogP contribution in [0.1, 0.15) is 41.0 Å². The van der Waals surface area contributed by atoms with E-state index >= 15 is 0 Å². The molecular formula is C27H26N6O4S. The maximum atomic E-state index is 11.9. The molecule has 11 heteroatoms. The Bertz CT molecular complexity index is 1430. The summed E-state index contributed by atoms with van der Waals surface area (Å²) in [6.45, 7) is 4.49. The minimum Gasteiger partial charge on any atom is -0.491 e. The zero-order valence-electron chi connectivity index (χ0n) is 21.1. The summed E-state index contributed by atoms with van der Waals surface area (Å²) >= 11 is 1.29. The molecule has 10 nitrogen and oxygen atoms in total. The predicted octanol–water partition coefficient (Wildman–Crippen LogP) is 3.65. The van der Waals surface area contributed by atoms with Crippen molar-refractivity contribution < 1.29 is 19.0 Å². The Morgan fingerprint density at radius 3 is 2.61 bits per heavy atom. The number of nitrogens with two attached hydrogens (primary N) is 1. The second-order valence-corrected chi connectivity index (χ2v) is 9.82. The molecule has 1 amide bonds. The van der Waals surface area contributed by atoms with Crippen molar-refractivity contribution in [3.05, 3.63) is 65.0 Å². The number of benzene rings is 1. The molecule has 1 aromatic carbocycles. The fourth-order valence-corrected chi connectivity index (χ4v) is 4.85. The number of aromatic nitrogens is 2. The number of hydrogen-bond acceptors (Lipinski definition) is 10. The fourth-order valence-electron chi connectivity index (χ4n) is 3.91. The van der Waals surface area contributed by atoms with Gasteiger partial charge in [-0.05, 0) is 49.2 Å². The van der Waals surface area contributed by atoms with Gasteiger partial charge in [0.15, 0.2) is 5.79 Å². The molecule has 1 fully saturated rings. The summed E-state index contributed by atoms with van der Waals surface area (Å²) in [5, 5.41) is 22.8. The van der Waals surface area contributed by atoms with Crippen molar-refractivity contribution in [3.63, 3.8) is 0 Å². The lowest BCUT2D eigenvalue weighted by Crippen LogP contribution is -2.25. The van der Waals surface area contributed by atoms with Crippen molar-refractivity contribution in [3.8, 4) is 29.0 Å². The van der Waals surface area contributed by atoms with Crippen LogP contribution in [0.25, 0.3) is 11.1 Å². The van der Waals surface area contributed by atoms with E-state index < -0.39 is 5.79 Å². The van der Waals surface area contributed by atoms with Crippen molar-refractivity contribution in [1.82, 2.24) is 15.3 Å². The maximum Gasteiger partial charge on any atom is 0.269 e. The van der Waals surface area contributed by atoms with Crippen LogP contribution in [0.4, 0.5) is 5.82 Å². The molecule has 194 valence electrons. The number of pyridine rings is 2. The topological polar surface area (TPSA) is 156 Å². The smallest absolute Gasteiger partial charge is 0.269 e. The molecule has 0 bridgehead atoms. The highest BCUT2D eigenvalue weighted by Gasteiger charge is 2.33. The van der Waals surface area contributed by atoms with E-state index in [4.69, 9.17) is 19.9 Å². The largest absolute Gasteiger partial charge is 0.491 e. The number of nitrogen functional groups attached to an aromatic ring is 1. The van der Waals surface area contributed by atoms with Gasteiger partial charge in [0.25, 0.3) is 5.91 Å². The molecular weight excluding hydrogens is 504 g/mol. The van der Waals surface area contributed by atoms with E-state index in [-0.39, 0.29) is 34.6 Å². The van der Waals surface area contributed by atoms with Crippen LogP contribution < -0.4 is 15.8 Å². The van der Waals surface area contributed by atoms with E-state index in [0.717, 1.165) is 5.56 Å². The summed E-state index contributed by atoms with van der Waals surface area (Å²) in [4.78, 5) is 20.3. The molecule has 3 heterocycles. The minimum absolute atomic E-state index is 0.0334. The van der Waals surface area contributed by atoms with Crippen LogP contribution in [0, 0.1) is 22.7 Å². The van der Waals surface area contributed by atoms with Gasteiger partial charge in [-0.1, -0.05) is 12.1 Å². The van der Waals surface area contributed by atoms with Gasteiger partial charge in [-0.3, -0.25) is 9.78 Å². The lowest BCUT2D eigenvalue weighted by Gasteiger charge is -2.17. The molecule has 2 aromatic heterocycles. The van der Waals surface area contributed by atoms with Gasteiger partial charge in [0.1, 0.15) is 52.7 Å². The van der Waals surface area contributed by atoms with Crippen molar-refractivity contribution >= 4 is 23.5 Å². The predicted molar refractivity (Wildman–Crippen MR) is 141 cm³/mol. The standard InChI is InChI=1S/C27H26N6O4S/c1-27(2)36-14-19(37-27)13-35-18-6-4-17(5-7-18)23-20(11-28)24(30)33-26(21(23)12-29)38-15-16-8-9-32-22(10-16)25(34)31-3/h4-10,19H,13-15H2,1-3H3,(H2,30,33)(H,31,34)/t19-/m0/s1. The Balaban J connectivity index is 1.57. The van der Waals surface area contributed by atoms with Gasteiger partial charge >= 0.3 is 0 Å². The summed E-state index contributed by atoms with van der Waals surface area (Å²) < 4.78 is 17.2. The summed E-state index contributed by atoms with van der Waals surface area (Å²) in [6.07, 6.45) is 1.38. The third-order valence-electron chi connectivity index (χ3n) is 5.72. The van der Waals surface area contributed by atoms with Crippen molar-refractivity contribution in [1.29, 1.82) is 10.5 Å². The number of carbonyl (C=O) groups is 1. The minimum atomic E-state index is -0.625. The fraction of sp³-hybridized carbons (Fsp3) is 0.296. The van der Waals surface area contributed by atoms with Gasteiger partial charge < -0.3 is 25.3 Å². The van der Waals surface area contributed by atoms with E-state index in [1.54, 1.807) is 42.6 Å². The number of nitriles is 2. The summed E-state index contributed by atoms with van der Waals surface area (Å²) in [5.74, 6) is 0.139. The maximum absolute atomic E-state index is 11.9. The lowest BCUT2D eigenvalue weighted by molar-refractivity contribution is -0.141. The first kappa shape index (κ1) is 26.9. The number of nitrogens with zero attached hydrogens (tertiary/aromatic N) is 4. The van der Waals surface area contributed by atoms with Crippen LogP contribution in [0.3, 0.4) is 0 Å². The molecule has 0 unspecified atom stereocenters. The first-order chi connectivity index (χ1) is 18.2. The van der Waals surface area contributed by atoms with Crippen molar-refractivity contribution in [2.24, 2.45) is 0 Å². The molecule has 1 atom stereocenters. The number of nitrogens with one attached hydrogen (secondary N) is 1. The highest BCUT2D eigenvalue weighted by Crippen LogP contribution is 2.37. The van der Waals surface area contributed by atoms with Gasteiger partial charge in [-0.2, -0.15) is 10.5 Å². The number of rotatable bonds is 8. The van der Waals surface area contributed by atoms with Gasteiger partial charge in [0.05, 0.1) is 12.2 Å². The molecule has 4 rings (SSSR count). The second-order valence-electron chi connectivity index (χ2n) is 8.85. The zero-order chi connectivity index (χ0) is 27.3. The van der Waals surface area contributed by atoms with Crippen LogP contribution in [-0.4, -0.2) is 48.0 Å². The number of hydrogen-bond donors (Lipinski definition) is 2. The van der Waals surface area contributed by atoms with Crippen LogP contribution in [0.15, 0.2) is 47.6 Å². The molecule has 1 saturated heterocycles. The van der Waals surface area contributed by atoms with Crippen molar-refractivity contribution in [2.45, 2.75) is 36.5 Å². The van der Waals surface area contributed by atoms with Crippen LogP contribution in [0.5, 0.6) is 5.75 Å². The molecule has 38 heavy (non-hydrogen) atoms. The lowest BCUT2D eigenvalue weighted by atomic mass is 9.97. The Labute approximate surface area is 224 Å². The average molecular weight is 531 g/mol. The third-order valence-corrected chi connectivity index (χ3v) is 6.77. The second kappa shape index (κ2) is 11.5. The molecule has 0 spiro atoms. The summed E-state index contributed by atoms with van der Waals surface area (Å²) in [6, 6.07) is 14.8. The average Bonchev–Trinajstić information content (AvgIpc) is 3.28. The monoisotopic (exact) mass is 530 g/mol. The molecule has 0 aliphatic carbocycles. The normalized spacial score (nSPS) is 15.9. The number of carbonyl (C=O) groups excluding carboxylic acids is 1.